The second kappa shape index (κ2) is 9.16. The van der Waals surface area contributed by atoms with Crippen LogP contribution < -0.4 is 5.32 Å². The molecule has 0 saturated carbocycles. The summed E-state index contributed by atoms with van der Waals surface area (Å²) in [4.78, 5) is 0. The molecular formula is C8H19NO2S. The molecule has 3 nitrogen and oxygen atoms in total. The quantitative estimate of drug-likeness (QED) is 0.566. The fraction of sp³-hybridized carbons (Fsp3) is 1.00. The van der Waals surface area contributed by atoms with E-state index in [-0.39, 0.29) is 0 Å². The maximum Gasteiger partial charge on any atom is 0.0590 e. The minimum atomic E-state index is -0.646. The summed E-state index contributed by atoms with van der Waals surface area (Å²) in [5.74, 6) is 0.793. The molecule has 0 aliphatic carbocycles. The Labute approximate surface area is 77.3 Å². The Kier molecular flexibility index (Phi) is 9.21. The first kappa shape index (κ1) is 12.1. The molecule has 0 radical (unpaired) electrons. The van der Waals surface area contributed by atoms with E-state index in [2.05, 4.69) is 5.32 Å². The first-order valence-electron chi connectivity index (χ1n) is 4.36. The maximum absolute atomic E-state index is 10.6. The predicted octanol–water partition coefficient (Wildman–Crippen LogP) is 0.381. The third-order valence-corrected chi connectivity index (χ3v) is 2.28. The molecule has 0 aliphatic rings. The normalized spacial score (nSPS) is 13.2. The maximum atomic E-state index is 10.6. The molecule has 1 N–H and O–H groups in total. The average Bonchev–Trinajstić information content (AvgIpc) is 2.02. The van der Waals surface area contributed by atoms with E-state index in [0.29, 0.717) is 0 Å². The molecule has 1 unspecified atom stereocenters. The van der Waals surface area contributed by atoms with E-state index in [1.165, 1.54) is 0 Å². The minimum absolute atomic E-state index is 0.646. The van der Waals surface area contributed by atoms with Crippen LogP contribution in [-0.2, 0) is 15.5 Å². The van der Waals surface area contributed by atoms with Crippen LogP contribution in [0.15, 0.2) is 0 Å². The van der Waals surface area contributed by atoms with Crippen LogP contribution in [-0.4, -0.2) is 42.5 Å². The van der Waals surface area contributed by atoms with Crippen LogP contribution >= 0.6 is 0 Å². The van der Waals surface area contributed by atoms with Gasteiger partial charge in [0.25, 0.3) is 0 Å². The van der Waals surface area contributed by atoms with E-state index in [9.17, 15) is 4.21 Å². The molecule has 0 heterocycles. The summed E-state index contributed by atoms with van der Waals surface area (Å²) in [6.45, 7) is 5.36. The number of nitrogens with one attached hydrogen (secondary N) is 1. The Hall–Kier alpha value is 0.0700. The topological polar surface area (TPSA) is 38.3 Å². The zero-order valence-corrected chi connectivity index (χ0v) is 8.78. The van der Waals surface area contributed by atoms with Crippen LogP contribution in [0.5, 0.6) is 0 Å². The molecule has 0 spiro atoms. The van der Waals surface area contributed by atoms with Gasteiger partial charge in [-0.1, -0.05) is 0 Å². The molecule has 12 heavy (non-hydrogen) atoms. The summed E-state index contributed by atoms with van der Waals surface area (Å²) in [6, 6.07) is 0. The average molecular weight is 193 g/mol. The van der Waals surface area contributed by atoms with Crippen molar-refractivity contribution in [3.05, 3.63) is 0 Å². The van der Waals surface area contributed by atoms with Gasteiger partial charge in [0.05, 0.1) is 6.61 Å². The highest BCUT2D eigenvalue weighted by molar-refractivity contribution is 7.84. The number of hydrogen-bond acceptors (Lipinski definition) is 3. The highest BCUT2D eigenvalue weighted by atomic mass is 32.2. The highest BCUT2D eigenvalue weighted by Crippen LogP contribution is 1.81. The van der Waals surface area contributed by atoms with Gasteiger partial charge in [-0.15, -0.1) is 0 Å². The molecule has 0 saturated heterocycles. The van der Waals surface area contributed by atoms with E-state index in [1.807, 2.05) is 6.92 Å². The molecule has 0 aromatic carbocycles. The third kappa shape index (κ3) is 10.1. The minimum Gasteiger partial charge on any atom is -0.380 e. The summed E-state index contributed by atoms with van der Waals surface area (Å²) in [6.07, 6.45) is 2.72. The van der Waals surface area contributed by atoms with E-state index in [0.717, 1.165) is 38.5 Å². The molecule has 0 rings (SSSR count). The Morgan fingerprint density at radius 2 is 2.17 bits per heavy atom. The van der Waals surface area contributed by atoms with Gasteiger partial charge in [0, 0.05) is 36.0 Å². The van der Waals surface area contributed by atoms with Crippen molar-refractivity contribution in [2.24, 2.45) is 0 Å². The van der Waals surface area contributed by atoms with Crippen molar-refractivity contribution < 1.29 is 8.95 Å². The van der Waals surface area contributed by atoms with Gasteiger partial charge < -0.3 is 10.1 Å². The Morgan fingerprint density at radius 1 is 1.42 bits per heavy atom. The van der Waals surface area contributed by atoms with Gasteiger partial charge in [0.15, 0.2) is 0 Å². The van der Waals surface area contributed by atoms with Gasteiger partial charge in [0.2, 0.25) is 0 Å². The first-order chi connectivity index (χ1) is 5.77. The second-order valence-electron chi connectivity index (χ2n) is 2.58. The fourth-order valence-corrected chi connectivity index (χ4v) is 1.36. The summed E-state index contributed by atoms with van der Waals surface area (Å²) < 4.78 is 15.8. The summed E-state index contributed by atoms with van der Waals surface area (Å²) in [5, 5.41) is 3.22. The second-order valence-corrected chi connectivity index (χ2v) is 4.13. The lowest BCUT2D eigenvalue weighted by Gasteiger charge is -2.03. The number of hydrogen-bond donors (Lipinski definition) is 1. The smallest absolute Gasteiger partial charge is 0.0590 e. The van der Waals surface area contributed by atoms with Gasteiger partial charge in [-0.2, -0.15) is 0 Å². The molecule has 74 valence electrons. The number of ether oxygens (including phenoxy) is 1. The van der Waals surface area contributed by atoms with E-state index in [1.54, 1.807) is 6.26 Å². The Balaban J connectivity index is 2.86. The molecule has 4 heteroatoms. The van der Waals surface area contributed by atoms with Crippen molar-refractivity contribution in [3.63, 3.8) is 0 Å². The van der Waals surface area contributed by atoms with Gasteiger partial charge >= 0.3 is 0 Å². The van der Waals surface area contributed by atoms with E-state index in [4.69, 9.17) is 4.74 Å². The van der Waals surface area contributed by atoms with Gasteiger partial charge in [0.1, 0.15) is 0 Å². The van der Waals surface area contributed by atoms with Crippen LogP contribution in [0.4, 0.5) is 0 Å². The van der Waals surface area contributed by atoms with Crippen LogP contribution in [0.25, 0.3) is 0 Å². The van der Waals surface area contributed by atoms with Crippen molar-refractivity contribution >= 4 is 10.8 Å². The van der Waals surface area contributed by atoms with Crippen molar-refractivity contribution in [1.82, 2.24) is 5.32 Å². The van der Waals surface area contributed by atoms with Gasteiger partial charge in [-0.05, 0) is 19.9 Å². The molecule has 0 aromatic heterocycles. The van der Waals surface area contributed by atoms with Crippen molar-refractivity contribution in [3.8, 4) is 0 Å². The Morgan fingerprint density at radius 3 is 2.75 bits per heavy atom. The lowest BCUT2D eigenvalue weighted by atomic mass is 10.5. The van der Waals surface area contributed by atoms with Gasteiger partial charge in [-0.3, -0.25) is 4.21 Å². The molecule has 0 bridgehead atoms. The lowest BCUT2D eigenvalue weighted by molar-refractivity contribution is 0.149. The first-order valence-corrected chi connectivity index (χ1v) is 6.08. The predicted molar refractivity (Wildman–Crippen MR) is 52.9 cm³/mol. The summed E-state index contributed by atoms with van der Waals surface area (Å²) >= 11 is 0. The van der Waals surface area contributed by atoms with Crippen LogP contribution in [0.1, 0.15) is 13.3 Å². The lowest BCUT2D eigenvalue weighted by Crippen LogP contribution is -2.21. The van der Waals surface area contributed by atoms with E-state index >= 15 is 0 Å². The molecule has 0 amide bonds. The van der Waals surface area contributed by atoms with Crippen LogP contribution in [0.3, 0.4) is 0 Å². The largest absolute Gasteiger partial charge is 0.380 e. The zero-order valence-electron chi connectivity index (χ0n) is 7.97. The van der Waals surface area contributed by atoms with Crippen LogP contribution in [0.2, 0.25) is 0 Å². The SMILES string of the molecule is CCOCCNCCCS(C)=O. The Bertz CT molecular complexity index is 120. The standard InChI is InChI=1S/C8H19NO2S/c1-3-11-7-6-9-5-4-8-12(2)10/h9H,3-8H2,1-2H3. The van der Waals surface area contributed by atoms with E-state index < -0.39 is 10.8 Å². The summed E-state index contributed by atoms with van der Waals surface area (Å²) in [5.41, 5.74) is 0. The molecule has 0 aliphatic heterocycles. The van der Waals surface area contributed by atoms with Crippen molar-refractivity contribution in [2.45, 2.75) is 13.3 Å². The molecule has 0 fully saturated rings. The van der Waals surface area contributed by atoms with Crippen LogP contribution in [0, 0.1) is 0 Å². The third-order valence-electron chi connectivity index (χ3n) is 1.41. The summed E-state index contributed by atoms with van der Waals surface area (Å²) in [7, 11) is -0.646. The van der Waals surface area contributed by atoms with Crippen molar-refractivity contribution in [2.75, 3.05) is 38.3 Å². The zero-order chi connectivity index (χ0) is 9.23. The number of rotatable bonds is 8. The fourth-order valence-electron chi connectivity index (χ4n) is 0.814. The molecule has 1 atom stereocenters. The molecule has 0 aromatic rings. The molecular weight excluding hydrogens is 174 g/mol. The van der Waals surface area contributed by atoms with Gasteiger partial charge in [-0.25, -0.2) is 0 Å². The highest BCUT2D eigenvalue weighted by Gasteiger charge is 1.91. The van der Waals surface area contributed by atoms with Crippen molar-refractivity contribution in [1.29, 1.82) is 0 Å². The monoisotopic (exact) mass is 193 g/mol.